The molecule has 1 N–H and O–H groups in total. The van der Waals surface area contributed by atoms with Gasteiger partial charge in [-0.1, -0.05) is 32.9 Å². The van der Waals surface area contributed by atoms with Crippen LogP contribution in [0.5, 0.6) is 0 Å². The van der Waals surface area contributed by atoms with Crippen molar-refractivity contribution in [2.24, 2.45) is 0 Å². The Bertz CT molecular complexity index is 756. The molecule has 1 aliphatic rings. The first-order valence-corrected chi connectivity index (χ1v) is 9.70. The molecule has 1 aliphatic heterocycles. The van der Waals surface area contributed by atoms with E-state index in [9.17, 15) is 4.79 Å². The van der Waals surface area contributed by atoms with E-state index in [4.69, 9.17) is 0 Å². The molecule has 2 aromatic rings. The van der Waals surface area contributed by atoms with Crippen LogP contribution in [0.25, 0.3) is 0 Å². The fourth-order valence-corrected chi connectivity index (χ4v) is 4.03. The Morgan fingerprint density at radius 1 is 1.24 bits per heavy atom. The summed E-state index contributed by atoms with van der Waals surface area (Å²) in [4.78, 5) is 20.9. The van der Waals surface area contributed by atoms with Gasteiger partial charge in [-0.15, -0.1) is 11.3 Å². The van der Waals surface area contributed by atoms with Crippen molar-refractivity contribution in [3.8, 4) is 0 Å². The van der Waals surface area contributed by atoms with Crippen LogP contribution in [-0.4, -0.2) is 28.4 Å². The summed E-state index contributed by atoms with van der Waals surface area (Å²) in [7, 11) is 0. The molecule has 1 aromatic heterocycles. The Morgan fingerprint density at radius 2 is 1.92 bits per heavy atom. The summed E-state index contributed by atoms with van der Waals surface area (Å²) in [5.41, 5.74) is 3.12. The lowest BCUT2D eigenvalue weighted by Gasteiger charge is -2.29. The standard InChI is InChI=1S/C20H27N3OS/c1-13(2)23-11-10-16-17(12-23)25-19(21-16)22-18(24)14-6-8-15(9-7-14)20(3,4)5/h6-9,13H,10-12H2,1-5H3,(H,21,22,24). The number of hydrogen-bond donors (Lipinski definition) is 1. The van der Waals surface area contributed by atoms with Gasteiger partial charge in [-0.2, -0.15) is 0 Å². The van der Waals surface area contributed by atoms with Crippen LogP contribution in [-0.2, 0) is 18.4 Å². The highest BCUT2D eigenvalue weighted by atomic mass is 32.1. The Labute approximate surface area is 154 Å². The van der Waals surface area contributed by atoms with Gasteiger partial charge < -0.3 is 0 Å². The Kier molecular flexibility index (Phi) is 4.98. The minimum absolute atomic E-state index is 0.0889. The molecule has 0 spiro atoms. The largest absolute Gasteiger partial charge is 0.298 e. The first kappa shape index (κ1) is 18.1. The minimum Gasteiger partial charge on any atom is -0.298 e. The maximum Gasteiger partial charge on any atom is 0.257 e. The lowest BCUT2D eigenvalue weighted by molar-refractivity contribution is 0.102. The van der Waals surface area contributed by atoms with Gasteiger partial charge in [0.15, 0.2) is 5.13 Å². The molecular formula is C20H27N3OS. The van der Waals surface area contributed by atoms with Gasteiger partial charge in [0.2, 0.25) is 0 Å². The van der Waals surface area contributed by atoms with Crippen molar-refractivity contribution >= 4 is 22.4 Å². The highest BCUT2D eigenvalue weighted by molar-refractivity contribution is 7.15. The number of anilines is 1. The lowest BCUT2D eigenvalue weighted by Crippen LogP contribution is -2.35. The van der Waals surface area contributed by atoms with Crippen molar-refractivity contribution in [2.45, 2.75) is 59.0 Å². The maximum atomic E-state index is 12.5. The first-order valence-electron chi connectivity index (χ1n) is 8.88. The van der Waals surface area contributed by atoms with Gasteiger partial charge in [-0.05, 0) is 37.0 Å². The van der Waals surface area contributed by atoms with Gasteiger partial charge in [0, 0.05) is 36.0 Å². The molecule has 0 aliphatic carbocycles. The average molecular weight is 358 g/mol. The zero-order valence-electron chi connectivity index (χ0n) is 15.7. The number of fused-ring (bicyclic) bond motifs is 1. The molecule has 134 valence electrons. The van der Waals surface area contributed by atoms with Crippen LogP contribution < -0.4 is 5.32 Å². The van der Waals surface area contributed by atoms with Crippen molar-refractivity contribution < 1.29 is 4.79 Å². The second-order valence-corrected chi connectivity index (χ2v) is 9.07. The summed E-state index contributed by atoms with van der Waals surface area (Å²) in [5, 5.41) is 3.68. The summed E-state index contributed by atoms with van der Waals surface area (Å²) in [6.07, 6.45) is 0.958. The molecule has 0 radical (unpaired) electrons. The van der Waals surface area contributed by atoms with Crippen molar-refractivity contribution in [3.05, 3.63) is 46.0 Å². The van der Waals surface area contributed by atoms with E-state index in [1.54, 1.807) is 11.3 Å². The quantitative estimate of drug-likeness (QED) is 0.882. The summed E-state index contributed by atoms with van der Waals surface area (Å²) in [6, 6.07) is 8.38. The monoisotopic (exact) mass is 357 g/mol. The number of rotatable bonds is 3. The highest BCUT2D eigenvalue weighted by Gasteiger charge is 2.23. The van der Waals surface area contributed by atoms with Gasteiger partial charge in [-0.3, -0.25) is 15.0 Å². The summed E-state index contributed by atoms with van der Waals surface area (Å²) in [6.45, 7) is 12.9. The van der Waals surface area contributed by atoms with Crippen molar-refractivity contribution in [1.29, 1.82) is 0 Å². The second-order valence-electron chi connectivity index (χ2n) is 7.98. The number of benzene rings is 1. The topological polar surface area (TPSA) is 45.2 Å². The third kappa shape index (κ3) is 4.10. The predicted octanol–water partition coefficient (Wildman–Crippen LogP) is 4.46. The van der Waals surface area contributed by atoms with Gasteiger partial charge >= 0.3 is 0 Å². The van der Waals surface area contributed by atoms with Crippen LogP contribution in [0.2, 0.25) is 0 Å². The van der Waals surface area contributed by atoms with Gasteiger partial charge in [-0.25, -0.2) is 4.98 Å². The molecule has 2 heterocycles. The second kappa shape index (κ2) is 6.89. The lowest BCUT2D eigenvalue weighted by atomic mass is 9.87. The molecule has 0 saturated heterocycles. The number of aromatic nitrogens is 1. The molecule has 0 atom stereocenters. The van der Waals surface area contributed by atoms with Gasteiger partial charge in [0.25, 0.3) is 5.91 Å². The first-order chi connectivity index (χ1) is 11.7. The average Bonchev–Trinajstić information content (AvgIpc) is 2.95. The van der Waals surface area contributed by atoms with Crippen LogP contribution in [0.1, 0.15) is 61.1 Å². The summed E-state index contributed by atoms with van der Waals surface area (Å²) < 4.78 is 0. The zero-order chi connectivity index (χ0) is 18.2. The molecule has 0 fully saturated rings. The Balaban J connectivity index is 1.70. The third-order valence-corrected chi connectivity index (χ3v) is 5.72. The molecule has 1 amide bonds. The molecule has 0 saturated carbocycles. The number of amides is 1. The molecule has 4 nitrogen and oxygen atoms in total. The van der Waals surface area contributed by atoms with Crippen molar-refractivity contribution in [3.63, 3.8) is 0 Å². The number of hydrogen-bond acceptors (Lipinski definition) is 4. The minimum atomic E-state index is -0.0905. The van der Waals surface area contributed by atoms with E-state index in [0.717, 1.165) is 25.2 Å². The number of thiazole rings is 1. The fraction of sp³-hybridized carbons (Fsp3) is 0.500. The van der Waals surface area contributed by atoms with E-state index >= 15 is 0 Å². The van der Waals surface area contributed by atoms with E-state index in [-0.39, 0.29) is 11.3 Å². The van der Waals surface area contributed by atoms with E-state index in [0.29, 0.717) is 16.7 Å². The molecule has 0 bridgehead atoms. The smallest absolute Gasteiger partial charge is 0.257 e. The molecule has 0 unspecified atom stereocenters. The number of carbonyl (C=O) groups excluding carboxylic acids is 1. The molecule has 1 aromatic carbocycles. The van der Waals surface area contributed by atoms with Crippen LogP contribution in [0.4, 0.5) is 5.13 Å². The van der Waals surface area contributed by atoms with E-state index in [1.807, 2.05) is 24.3 Å². The van der Waals surface area contributed by atoms with Crippen LogP contribution in [0.15, 0.2) is 24.3 Å². The Hall–Kier alpha value is -1.72. The van der Waals surface area contributed by atoms with Crippen molar-refractivity contribution in [1.82, 2.24) is 9.88 Å². The normalized spacial score (nSPS) is 15.3. The van der Waals surface area contributed by atoms with Crippen LogP contribution in [0, 0.1) is 0 Å². The van der Waals surface area contributed by atoms with Gasteiger partial charge in [0.05, 0.1) is 5.69 Å². The highest BCUT2D eigenvalue weighted by Crippen LogP contribution is 2.29. The molecule has 3 rings (SSSR count). The van der Waals surface area contributed by atoms with Gasteiger partial charge in [0.1, 0.15) is 0 Å². The van der Waals surface area contributed by atoms with Crippen LogP contribution in [0.3, 0.4) is 0 Å². The van der Waals surface area contributed by atoms with E-state index in [2.05, 4.69) is 49.8 Å². The maximum absolute atomic E-state index is 12.5. The third-order valence-electron chi connectivity index (χ3n) is 4.72. The molecular weight excluding hydrogens is 330 g/mol. The van der Waals surface area contributed by atoms with E-state index < -0.39 is 0 Å². The van der Waals surface area contributed by atoms with E-state index in [1.165, 1.54) is 10.4 Å². The Morgan fingerprint density at radius 3 is 2.52 bits per heavy atom. The van der Waals surface area contributed by atoms with Crippen molar-refractivity contribution in [2.75, 3.05) is 11.9 Å². The summed E-state index contributed by atoms with van der Waals surface area (Å²) >= 11 is 1.60. The number of nitrogens with one attached hydrogen (secondary N) is 1. The SMILES string of the molecule is CC(C)N1CCc2nc(NC(=O)c3ccc(C(C)(C)C)cc3)sc2C1. The zero-order valence-corrected chi connectivity index (χ0v) is 16.5. The number of nitrogens with zero attached hydrogens (tertiary/aromatic N) is 2. The fourth-order valence-electron chi connectivity index (χ4n) is 3.00. The van der Waals surface area contributed by atoms with Crippen LogP contribution >= 0.6 is 11.3 Å². The summed E-state index contributed by atoms with van der Waals surface area (Å²) in [5.74, 6) is -0.0905. The predicted molar refractivity (Wildman–Crippen MR) is 104 cm³/mol. The number of carbonyl (C=O) groups is 1. The molecule has 5 heteroatoms. The molecule has 25 heavy (non-hydrogen) atoms.